The van der Waals surface area contributed by atoms with Gasteiger partial charge in [0, 0.05) is 12.5 Å². The number of fused-ring (bicyclic) bond motifs is 1. The lowest BCUT2D eigenvalue weighted by Gasteiger charge is -2.58. The number of hydrogen-bond acceptors (Lipinski definition) is 7. The van der Waals surface area contributed by atoms with Gasteiger partial charge in [-0.05, 0) is 42.4 Å². The van der Waals surface area contributed by atoms with Crippen molar-refractivity contribution in [2.24, 2.45) is 22.7 Å². The molecule has 28 heavy (non-hydrogen) atoms. The first-order valence-electron chi connectivity index (χ1n) is 10.4. The Kier molecular flexibility index (Phi) is 6.57. The highest BCUT2D eigenvalue weighted by Gasteiger charge is 2.55. The molecule has 162 valence electrons. The van der Waals surface area contributed by atoms with Crippen LogP contribution < -0.4 is 0 Å². The van der Waals surface area contributed by atoms with E-state index in [4.69, 9.17) is 9.47 Å². The molecule has 2 saturated carbocycles. The highest BCUT2D eigenvalue weighted by molar-refractivity contribution is 5.16. The van der Waals surface area contributed by atoms with Crippen LogP contribution in [-0.4, -0.2) is 76.1 Å². The molecule has 0 radical (unpaired) electrons. The first-order valence-corrected chi connectivity index (χ1v) is 10.4. The number of aliphatic hydroxyl groups is 5. The van der Waals surface area contributed by atoms with Crippen molar-refractivity contribution >= 4 is 0 Å². The number of aliphatic hydroxyl groups excluding tert-OH is 5. The second kappa shape index (κ2) is 8.30. The fourth-order valence-electron chi connectivity index (χ4n) is 5.98. The summed E-state index contributed by atoms with van der Waals surface area (Å²) in [6, 6.07) is 0. The highest BCUT2D eigenvalue weighted by atomic mass is 16.7. The number of ether oxygens (including phenoxy) is 2. The van der Waals surface area contributed by atoms with Crippen molar-refractivity contribution in [2.45, 2.75) is 76.7 Å². The van der Waals surface area contributed by atoms with Gasteiger partial charge in [0.05, 0.1) is 13.2 Å². The Morgan fingerprint density at radius 1 is 1.11 bits per heavy atom. The quantitative estimate of drug-likeness (QED) is 0.428. The van der Waals surface area contributed by atoms with Crippen LogP contribution >= 0.6 is 0 Å². The molecule has 9 atom stereocenters. The molecule has 1 heterocycles. The van der Waals surface area contributed by atoms with Gasteiger partial charge in [0.2, 0.25) is 0 Å². The Bertz CT molecular complexity index is 567. The normalized spacial score (nSPS) is 49.7. The Balaban J connectivity index is 1.74. The molecule has 3 fully saturated rings. The van der Waals surface area contributed by atoms with Gasteiger partial charge in [0.15, 0.2) is 6.29 Å². The van der Waals surface area contributed by atoms with Crippen molar-refractivity contribution in [3.05, 3.63) is 12.2 Å². The molecule has 0 spiro atoms. The SMILES string of the molecule is C=C1CCC2C(C)(CO)CCCC2(C)C1COC1OC(CO)C(O)C(O)C1O. The number of rotatable bonds is 5. The van der Waals surface area contributed by atoms with Gasteiger partial charge < -0.3 is 35.0 Å². The molecule has 9 unspecified atom stereocenters. The second-order valence-electron chi connectivity index (χ2n) is 9.50. The molecular formula is C21H36O7. The third-order valence-electron chi connectivity index (χ3n) is 7.78. The molecular weight excluding hydrogens is 364 g/mol. The summed E-state index contributed by atoms with van der Waals surface area (Å²) < 4.78 is 11.4. The van der Waals surface area contributed by atoms with E-state index in [1.165, 1.54) is 0 Å². The third kappa shape index (κ3) is 3.67. The molecule has 0 bridgehead atoms. The van der Waals surface area contributed by atoms with Crippen LogP contribution in [0.2, 0.25) is 0 Å². The standard InChI is InChI=1S/C21H36O7/c1-12-5-6-15-20(2,11-23)7-4-8-21(15,3)13(12)10-27-19-18(26)17(25)16(24)14(9-22)28-19/h13-19,22-26H,1,4-11H2,2-3H3. The topological polar surface area (TPSA) is 120 Å². The Hall–Kier alpha value is -0.540. The van der Waals surface area contributed by atoms with Crippen molar-refractivity contribution in [1.29, 1.82) is 0 Å². The van der Waals surface area contributed by atoms with Gasteiger partial charge in [-0.3, -0.25) is 0 Å². The maximum atomic E-state index is 10.2. The maximum Gasteiger partial charge on any atom is 0.186 e. The van der Waals surface area contributed by atoms with Crippen LogP contribution in [0.3, 0.4) is 0 Å². The molecule has 5 N–H and O–H groups in total. The van der Waals surface area contributed by atoms with E-state index >= 15 is 0 Å². The summed E-state index contributed by atoms with van der Waals surface area (Å²) in [6.07, 6.45) is -1.39. The lowest BCUT2D eigenvalue weighted by Crippen LogP contribution is -2.59. The lowest BCUT2D eigenvalue weighted by molar-refractivity contribution is -0.305. The molecule has 0 aromatic rings. The zero-order valence-electron chi connectivity index (χ0n) is 17.0. The van der Waals surface area contributed by atoms with Gasteiger partial charge in [-0.25, -0.2) is 0 Å². The van der Waals surface area contributed by atoms with Crippen molar-refractivity contribution in [3.8, 4) is 0 Å². The van der Waals surface area contributed by atoms with E-state index in [1.54, 1.807) is 0 Å². The molecule has 7 nitrogen and oxygen atoms in total. The minimum atomic E-state index is -1.44. The highest BCUT2D eigenvalue weighted by Crippen LogP contribution is 2.60. The van der Waals surface area contributed by atoms with Crippen molar-refractivity contribution < 1.29 is 35.0 Å². The summed E-state index contributed by atoms with van der Waals surface area (Å²) in [6.45, 7) is 8.65. The predicted octanol–water partition coefficient (Wildman–Crippen LogP) is 0.574. The first kappa shape index (κ1) is 22.2. The molecule has 1 saturated heterocycles. The Morgan fingerprint density at radius 3 is 2.46 bits per heavy atom. The van der Waals surface area contributed by atoms with Gasteiger partial charge in [-0.15, -0.1) is 0 Å². The van der Waals surface area contributed by atoms with E-state index in [0.717, 1.165) is 37.7 Å². The summed E-state index contributed by atoms with van der Waals surface area (Å²) in [7, 11) is 0. The van der Waals surface area contributed by atoms with Crippen LogP contribution in [0.25, 0.3) is 0 Å². The van der Waals surface area contributed by atoms with E-state index < -0.39 is 37.3 Å². The maximum absolute atomic E-state index is 10.2. The van der Waals surface area contributed by atoms with Crippen molar-refractivity contribution in [1.82, 2.24) is 0 Å². The molecule has 1 aliphatic heterocycles. The van der Waals surface area contributed by atoms with E-state index in [1.807, 2.05) is 0 Å². The average molecular weight is 401 g/mol. The minimum Gasteiger partial charge on any atom is -0.396 e. The molecule has 0 aromatic heterocycles. The second-order valence-corrected chi connectivity index (χ2v) is 9.50. The summed E-state index contributed by atoms with van der Waals surface area (Å²) in [4.78, 5) is 0. The van der Waals surface area contributed by atoms with Crippen LogP contribution in [0.5, 0.6) is 0 Å². The molecule has 3 aliphatic rings. The summed E-state index contributed by atoms with van der Waals surface area (Å²) in [5, 5.41) is 49.5. The van der Waals surface area contributed by atoms with Gasteiger partial charge in [-0.2, -0.15) is 0 Å². The lowest BCUT2D eigenvalue weighted by atomic mass is 9.47. The van der Waals surface area contributed by atoms with E-state index in [-0.39, 0.29) is 30.0 Å². The van der Waals surface area contributed by atoms with Crippen LogP contribution in [0, 0.1) is 22.7 Å². The van der Waals surface area contributed by atoms with Gasteiger partial charge in [0.25, 0.3) is 0 Å². The van der Waals surface area contributed by atoms with E-state index in [0.29, 0.717) is 5.92 Å². The average Bonchev–Trinajstić information content (AvgIpc) is 2.67. The van der Waals surface area contributed by atoms with Crippen molar-refractivity contribution in [2.75, 3.05) is 19.8 Å². The molecule has 7 heteroatoms. The monoisotopic (exact) mass is 400 g/mol. The Labute approximate surface area is 167 Å². The minimum absolute atomic E-state index is 0.0461. The van der Waals surface area contributed by atoms with E-state index in [9.17, 15) is 25.5 Å². The third-order valence-corrected chi connectivity index (χ3v) is 7.78. The number of hydrogen-bond donors (Lipinski definition) is 5. The zero-order valence-corrected chi connectivity index (χ0v) is 17.0. The van der Waals surface area contributed by atoms with E-state index in [2.05, 4.69) is 20.4 Å². The summed E-state index contributed by atoms with van der Waals surface area (Å²) >= 11 is 0. The largest absolute Gasteiger partial charge is 0.396 e. The fraction of sp³-hybridized carbons (Fsp3) is 0.905. The van der Waals surface area contributed by atoms with Crippen LogP contribution in [0.15, 0.2) is 12.2 Å². The van der Waals surface area contributed by atoms with Crippen LogP contribution in [-0.2, 0) is 9.47 Å². The zero-order chi connectivity index (χ0) is 20.7. The molecule has 3 rings (SSSR count). The summed E-state index contributed by atoms with van der Waals surface area (Å²) in [5.41, 5.74) is 0.916. The molecule has 2 aliphatic carbocycles. The van der Waals surface area contributed by atoms with Crippen LogP contribution in [0.1, 0.15) is 46.0 Å². The van der Waals surface area contributed by atoms with Crippen LogP contribution in [0.4, 0.5) is 0 Å². The van der Waals surface area contributed by atoms with Gasteiger partial charge in [0.1, 0.15) is 24.4 Å². The summed E-state index contributed by atoms with van der Waals surface area (Å²) in [5.74, 6) is 0.400. The van der Waals surface area contributed by atoms with Gasteiger partial charge in [-0.1, -0.05) is 32.4 Å². The van der Waals surface area contributed by atoms with Gasteiger partial charge >= 0.3 is 0 Å². The Morgan fingerprint density at radius 2 is 1.82 bits per heavy atom. The molecule has 0 amide bonds. The molecule has 0 aromatic carbocycles. The fourth-order valence-corrected chi connectivity index (χ4v) is 5.98. The van der Waals surface area contributed by atoms with Crippen molar-refractivity contribution in [3.63, 3.8) is 0 Å². The predicted molar refractivity (Wildman–Crippen MR) is 102 cm³/mol. The first-order chi connectivity index (χ1) is 13.2. The smallest absolute Gasteiger partial charge is 0.186 e.